The van der Waals surface area contributed by atoms with Gasteiger partial charge in [-0.15, -0.1) is 11.8 Å². The summed E-state index contributed by atoms with van der Waals surface area (Å²) in [4.78, 5) is 7.71. The molecule has 72 valence electrons. The molecule has 1 aromatic heterocycles. The summed E-state index contributed by atoms with van der Waals surface area (Å²) in [5, 5.41) is 9.52. The summed E-state index contributed by atoms with van der Waals surface area (Å²) < 4.78 is 0. The standard InChI is InChI=1S/C7H10ClN3OS/c8-6-5(9)7(11-4-10-6)13-3-1-2-12/h4,12H,1-3,9H2. The summed E-state index contributed by atoms with van der Waals surface area (Å²) in [6.07, 6.45) is 2.09. The lowest BCUT2D eigenvalue weighted by Gasteiger charge is -2.03. The summed E-state index contributed by atoms with van der Waals surface area (Å²) in [6, 6.07) is 0. The molecule has 1 rings (SSSR count). The number of aliphatic hydroxyl groups excluding tert-OH is 1. The van der Waals surface area contributed by atoms with Gasteiger partial charge in [0.2, 0.25) is 0 Å². The number of anilines is 1. The fourth-order valence-corrected chi connectivity index (χ4v) is 1.74. The van der Waals surface area contributed by atoms with Gasteiger partial charge >= 0.3 is 0 Å². The Labute approximate surface area is 85.5 Å². The van der Waals surface area contributed by atoms with Crippen molar-refractivity contribution in [2.45, 2.75) is 11.4 Å². The van der Waals surface area contributed by atoms with Crippen LogP contribution in [0.2, 0.25) is 5.15 Å². The minimum atomic E-state index is 0.172. The van der Waals surface area contributed by atoms with Gasteiger partial charge in [-0.1, -0.05) is 11.6 Å². The van der Waals surface area contributed by atoms with E-state index in [2.05, 4.69) is 9.97 Å². The van der Waals surface area contributed by atoms with E-state index in [-0.39, 0.29) is 11.8 Å². The fourth-order valence-electron chi connectivity index (χ4n) is 0.708. The number of nitrogen functional groups attached to an aromatic ring is 1. The first-order chi connectivity index (χ1) is 6.25. The predicted octanol–water partition coefficient (Wildman–Crippen LogP) is 1.19. The SMILES string of the molecule is Nc1c(Cl)ncnc1SCCCO. The van der Waals surface area contributed by atoms with Gasteiger partial charge in [0.25, 0.3) is 0 Å². The third kappa shape index (κ3) is 3.02. The number of rotatable bonds is 4. The molecule has 1 aromatic rings. The van der Waals surface area contributed by atoms with Gasteiger partial charge in [0, 0.05) is 12.4 Å². The first kappa shape index (κ1) is 10.6. The molecule has 0 aliphatic carbocycles. The Kier molecular flexibility index (Phi) is 4.27. The minimum Gasteiger partial charge on any atom is -0.396 e. The molecule has 13 heavy (non-hydrogen) atoms. The van der Waals surface area contributed by atoms with E-state index >= 15 is 0 Å². The van der Waals surface area contributed by atoms with E-state index < -0.39 is 0 Å². The van der Waals surface area contributed by atoms with Crippen LogP contribution in [0.5, 0.6) is 0 Å². The van der Waals surface area contributed by atoms with Crippen LogP contribution in [0.4, 0.5) is 5.69 Å². The van der Waals surface area contributed by atoms with Crippen LogP contribution in [-0.4, -0.2) is 27.4 Å². The van der Waals surface area contributed by atoms with Crippen LogP contribution in [0.3, 0.4) is 0 Å². The molecular formula is C7H10ClN3OS. The molecule has 0 aliphatic rings. The molecule has 1 heterocycles. The normalized spacial score (nSPS) is 10.3. The Morgan fingerprint density at radius 2 is 2.31 bits per heavy atom. The Balaban J connectivity index is 2.61. The van der Waals surface area contributed by atoms with E-state index in [1.807, 2.05) is 0 Å². The summed E-state index contributed by atoms with van der Waals surface area (Å²) in [5.41, 5.74) is 6.03. The van der Waals surface area contributed by atoms with Crippen LogP contribution in [0.15, 0.2) is 11.4 Å². The first-order valence-electron chi connectivity index (χ1n) is 3.75. The number of aliphatic hydroxyl groups is 1. The number of nitrogens with zero attached hydrogens (tertiary/aromatic N) is 2. The molecule has 0 bridgehead atoms. The van der Waals surface area contributed by atoms with Crippen molar-refractivity contribution in [3.63, 3.8) is 0 Å². The van der Waals surface area contributed by atoms with Gasteiger partial charge < -0.3 is 10.8 Å². The second kappa shape index (κ2) is 5.26. The quantitative estimate of drug-likeness (QED) is 0.452. The molecule has 0 spiro atoms. The van der Waals surface area contributed by atoms with Gasteiger partial charge in [-0.2, -0.15) is 0 Å². The Morgan fingerprint density at radius 3 is 3.00 bits per heavy atom. The number of hydrogen-bond donors (Lipinski definition) is 2. The molecule has 6 heteroatoms. The highest BCUT2D eigenvalue weighted by Crippen LogP contribution is 2.26. The van der Waals surface area contributed by atoms with Gasteiger partial charge in [0.05, 0.1) is 0 Å². The van der Waals surface area contributed by atoms with E-state index in [4.69, 9.17) is 22.4 Å². The van der Waals surface area contributed by atoms with Crippen LogP contribution >= 0.6 is 23.4 Å². The second-order valence-corrected chi connectivity index (χ2v) is 3.75. The third-order valence-corrected chi connectivity index (χ3v) is 2.73. The maximum Gasteiger partial charge on any atom is 0.156 e. The van der Waals surface area contributed by atoms with Crippen molar-refractivity contribution in [3.8, 4) is 0 Å². The van der Waals surface area contributed by atoms with Crippen molar-refractivity contribution in [1.29, 1.82) is 0 Å². The molecule has 0 atom stereocenters. The lowest BCUT2D eigenvalue weighted by molar-refractivity contribution is 0.296. The summed E-state index contributed by atoms with van der Waals surface area (Å²) in [6.45, 7) is 0.172. The second-order valence-electron chi connectivity index (χ2n) is 2.31. The molecule has 3 N–H and O–H groups in total. The number of thioether (sulfide) groups is 1. The van der Waals surface area contributed by atoms with Gasteiger partial charge in [0.1, 0.15) is 17.0 Å². The fraction of sp³-hybridized carbons (Fsp3) is 0.429. The van der Waals surface area contributed by atoms with Crippen molar-refractivity contribution < 1.29 is 5.11 Å². The molecule has 0 fully saturated rings. The van der Waals surface area contributed by atoms with Gasteiger partial charge in [-0.05, 0) is 6.42 Å². The summed E-state index contributed by atoms with van der Waals surface area (Å²) in [7, 11) is 0. The highest BCUT2D eigenvalue weighted by Gasteiger charge is 2.05. The Hall–Kier alpha value is -0.520. The zero-order valence-corrected chi connectivity index (χ0v) is 8.48. The minimum absolute atomic E-state index is 0.172. The molecule has 4 nitrogen and oxygen atoms in total. The zero-order chi connectivity index (χ0) is 9.68. The Bertz CT molecular complexity index is 284. The maximum absolute atomic E-state index is 8.56. The van der Waals surface area contributed by atoms with Crippen molar-refractivity contribution in [1.82, 2.24) is 9.97 Å². The lowest BCUT2D eigenvalue weighted by atomic mass is 10.5. The van der Waals surface area contributed by atoms with Crippen LogP contribution in [0.1, 0.15) is 6.42 Å². The topological polar surface area (TPSA) is 72.0 Å². The van der Waals surface area contributed by atoms with E-state index in [9.17, 15) is 0 Å². The highest BCUT2D eigenvalue weighted by molar-refractivity contribution is 7.99. The number of aromatic nitrogens is 2. The monoisotopic (exact) mass is 219 g/mol. The van der Waals surface area contributed by atoms with Crippen LogP contribution in [-0.2, 0) is 0 Å². The number of hydrogen-bond acceptors (Lipinski definition) is 5. The highest BCUT2D eigenvalue weighted by atomic mass is 35.5. The molecule has 0 saturated carbocycles. The van der Waals surface area contributed by atoms with E-state index in [0.717, 1.165) is 5.75 Å². The van der Waals surface area contributed by atoms with Crippen molar-refractivity contribution >= 4 is 29.1 Å². The van der Waals surface area contributed by atoms with Crippen molar-refractivity contribution in [2.24, 2.45) is 0 Å². The van der Waals surface area contributed by atoms with Crippen LogP contribution in [0, 0.1) is 0 Å². The smallest absolute Gasteiger partial charge is 0.156 e. The zero-order valence-electron chi connectivity index (χ0n) is 6.90. The largest absolute Gasteiger partial charge is 0.396 e. The van der Waals surface area contributed by atoms with E-state index in [1.54, 1.807) is 0 Å². The average Bonchev–Trinajstić information content (AvgIpc) is 2.13. The predicted molar refractivity (Wildman–Crippen MR) is 53.9 cm³/mol. The van der Waals surface area contributed by atoms with Crippen molar-refractivity contribution in [3.05, 3.63) is 11.5 Å². The van der Waals surface area contributed by atoms with Crippen LogP contribution in [0.25, 0.3) is 0 Å². The molecule has 0 amide bonds. The molecular weight excluding hydrogens is 210 g/mol. The van der Waals surface area contributed by atoms with E-state index in [1.165, 1.54) is 18.1 Å². The summed E-state index contributed by atoms with van der Waals surface area (Å²) in [5.74, 6) is 0.772. The molecule has 0 radical (unpaired) electrons. The number of halogens is 1. The lowest BCUT2D eigenvalue weighted by Crippen LogP contribution is -1.96. The van der Waals surface area contributed by atoms with Crippen LogP contribution < -0.4 is 5.73 Å². The first-order valence-corrected chi connectivity index (χ1v) is 5.11. The molecule has 0 aromatic carbocycles. The Morgan fingerprint density at radius 1 is 1.54 bits per heavy atom. The summed E-state index contributed by atoms with van der Waals surface area (Å²) >= 11 is 7.15. The van der Waals surface area contributed by atoms with E-state index in [0.29, 0.717) is 17.1 Å². The number of nitrogens with two attached hydrogens (primary N) is 1. The van der Waals surface area contributed by atoms with Gasteiger partial charge in [-0.3, -0.25) is 0 Å². The molecule has 0 aliphatic heterocycles. The average molecular weight is 220 g/mol. The van der Waals surface area contributed by atoms with Gasteiger partial charge in [0.15, 0.2) is 5.15 Å². The van der Waals surface area contributed by atoms with Gasteiger partial charge in [-0.25, -0.2) is 9.97 Å². The van der Waals surface area contributed by atoms with Crippen molar-refractivity contribution in [2.75, 3.05) is 18.1 Å². The molecule has 0 saturated heterocycles. The third-order valence-electron chi connectivity index (χ3n) is 1.34. The molecule has 0 unspecified atom stereocenters. The maximum atomic E-state index is 8.56.